The van der Waals surface area contributed by atoms with Gasteiger partial charge in [0.15, 0.2) is 5.82 Å². The Kier molecular flexibility index (Phi) is 7.05. The molecule has 0 spiro atoms. The first-order valence-electron chi connectivity index (χ1n) is 13.1. The van der Waals surface area contributed by atoms with Gasteiger partial charge in [-0.05, 0) is 64.0 Å². The molecule has 3 atom stereocenters. The lowest BCUT2D eigenvalue weighted by Crippen LogP contribution is -2.36. The summed E-state index contributed by atoms with van der Waals surface area (Å²) in [6.45, 7) is 4.26. The predicted octanol–water partition coefficient (Wildman–Crippen LogP) is 4.72. The number of amides is 3. The maximum absolute atomic E-state index is 13.0. The van der Waals surface area contributed by atoms with Crippen molar-refractivity contribution in [1.29, 1.82) is 5.26 Å². The number of aromatic amines is 1. The van der Waals surface area contributed by atoms with Crippen LogP contribution in [-0.2, 0) is 14.3 Å². The maximum Gasteiger partial charge on any atom is 0.407 e. The molecular formula is C27H31ClN6O4. The molecular weight excluding hydrogens is 508 g/mol. The number of nitriles is 1. The first-order valence-corrected chi connectivity index (χ1v) is 13.4. The molecule has 2 saturated carbocycles. The summed E-state index contributed by atoms with van der Waals surface area (Å²) in [5.74, 6) is -0.489. The van der Waals surface area contributed by atoms with Crippen molar-refractivity contribution in [2.75, 3.05) is 16.8 Å². The molecule has 38 heavy (non-hydrogen) atoms. The van der Waals surface area contributed by atoms with Crippen molar-refractivity contribution in [2.45, 2.75) is 82.3 Å². The highest BCUT2D eigenvalue weighted by molar-refractivity contribution is 6.33. The highest BCUT2D eigenvalue weighted by Crippen LogP contribution is 2.38. The number of alkyl carbamates (subject to hydrolysis) is 1. The molecule has 2 aromatic rings. The molecule has 3 amide bonds. The molecule has 11 heteroatoms. The summed E-state index contributed by atoms with van der Waals surface area (Å²) in [6, 6.07) is 7.28. The number of benzene rings is 1. The number of hydrogen-bond donors (Lipinski definition) is 3. The molecule has 3 N–H and O–H groups in total. The third kappa shape index (κ3) is 5.34. The minimum absolute atomic E-state index is 0.0403. The second kappa shape index (κ2) is 10.3. The zero-order chi connectivity index (χ0) is 27.0. The average Bonchev–Trinajstić information content (AvgIpc) is 3.28. The van der Waals surface area contributed by atoms with Crippen LogP contribution in [0.4, 0.5) is 16.3 Å². The van der Waals surface area contributed by atoms with Gasteiger partial charge in [0.2, 0.25) is 11.8 Å². The van der Waals surface area contributed by atoms with E-state index >= 15 is 0 Å². The molecule has 2 aliphatic carbocycles. The highest BCUT2D eigenvalue weighted by atomic mass is 35.5. The van der Waals surface area contributed by atoms with Gasteiger partial charge in [0, 0.05) is 36.2 Å². The summed E-state index contributed by atoms with van der Waals surface area (Å²) in [5.41, 5.74) is 1.93. The Labute approximate surface area is 226 Å². The van der Waals surface area contributed by atoms with Crippen molar-refractivity contribution in [3.63, 3.8) is 0 Å². The number of hydrogen-bond acceptors (Lipinski definition) is 6. The minimum atomic E-state index is -0.658. The second-order valence-corrected chi connectivity index (χ2v) is 11.1. The van der Waals surface area contributed by atoms with Crippen LogP contribution in [0.1, 0.15) is 87.4 Å². The molecule has 1 aromatic heterocycles. The van der Waals surface area contributed by atoms with Crippen LogP contribution >= 0.6 is 11.6 Å². The average molecular weight is 539 g/mol. The normalized spacial score (nSPS) is 22.6. The predicted molar refractivity (Wildman–Crippen MR) is 141 cm³/mol. The van der Waals surface area contributed by atoms with Gasteiger partial charge in [0.1, 0.15) is 12.2 Å². The number of nitrogens with one attached hydrogen (secondary N) is 3. The lowest BCUT2D eigenvalue weighted by Gasteiger charge is -2.20. The standard InChI is InChI=1S/C27H31ClN6O4/c1-15(18-7-8-21(19(14-29)24(18)28)34-11-3-4-23(34)35)25(36)30-22-13-20(32-33-22)16-5-6-17(12-16)38-26(37)31-27(2)9-10-27/h7-8,13,15-17H,3-6,9-12H2,1-2H3,(H,31,37)(H2,30,32,33,36). The minimum Gasteiger partial charge on any atom is -0.446 e. The van der Waals surface area contributed by atoms with E-state index in [1.807, 2.05) is 6.92 Å². The van der Waals surface area contributed by atoms with Crippen molar-refractivity contribution in [3.8, 4) is 6.07 Å². The van der Waals surface area contributed by atoms with Crippen molar-refractivity contribution < 1.29 is 19.1 Å². The molecule has 3 aliphatic rings. The molecule has 1 saturated heterocycles. The van der Waals surface area contributed by atoms with Gasteiger partial charge in [-0.1, -0.05) is 17.7 Å². The summed E-state index contributed by atoms with van der Waals surface area (Å²) in [4.78, 5) is 38.9. The van der Waals surface area contributed by atoms with E-state index in [0.717, 1.165) is 37.8 Å². The van der Waals surface area contributed by atoms with Crippen molar-refractivity contribution >= 4 is 41.0 Å². The molecule has 200 valence electrons. The van der Waals surface area contributed by atoms with Gasteiger partial charge in [0.25, 0.3) is 0 Å². The van der Waals surface area contributed by atoms with Crippen LogP contribution in [0.5, 0.6) is 0 Å². The Balaban J connectivity index is 1.20. The number of ether oxygens (including phenoxy) is 1. The summed E-state index contributed by atoms with van der Waals surface area (Å²) in [6.07, 6.45) is 4.93. The van der Waals surface area contributed by atoms with E-state index in [9.17, 15) is 19.6 Å². The molecule has 0 radical (unpaired) electrons. The number of halogens is 1. The topological polar surface area (TPSA) is 140 Å². The van der Waals surface area contributed by atoms with Gasteiger partial charge in [-0.3, -0.25) is 14.7 Å². The third-order valence-electron chi connectivity index (χ3n) is 7.84. The van der Waals surface area contributed by atoms with Crippen LogP contribution in [-0.4, -0.2) is 46.3 Å². The fourth-order valence-corrected chi connectivity index (χ4v) is 5.57. The van der Waals surface area contributed by atoms with E-state index in [4.69, 9.17) is 16.3 Å². The fourth-order valence-electron chi connectivity index (χ4n) is 5.21. The van der Waals surface area contributed by atoms with Crippen molar-refractivity contribution in [3.05, 3.63) is 40.0 Å². The summed E-state index contributed by atoms with van der Waals surface area (Å²) >= 11 is 6.56. The summed E-state index contributed by atoms with van der Waals surface area (Å²) in [5, 5.41) is 22.9. The fraction of sp³-hybridized carbons (Fsp3) is 0.519. The van der Waals surface area contributed by atoms with Crippen LogP contribution in [0.2, 0.25) is 5.02 Å². The maximum atomic E-state index is 13.0. The Hall–Kier alpha value is -3.58. The van der Waals surface area contributed by atoms with E-state index < -0.39 is 5.92 Å². The summed E-state index contributed by atoms with van der Waals surface area (Å²) < 4.78 is 5.60. The number of aromatic nitrogens is 2. The quantitative estimate of drug-likeness (QED) is 0.466. The Bertz CT molecular complexity index is 1310. The molecule has 10 nitrogen and oxygen atoms in total. The van der Waals surface area contributed by atoms with Gasteiger partial charge in [-0.15, -0.1) is 0 Å². The van der Waals surface area contributed by atoms with E-state index in [2.05, 4.69) is 26.9 Å². The molecule has 3 fully saturated rings. The highest BCUT2D eigenvalue weighted by Gasteiger charge is 2.40. The van der Waals surface area contributed by atoms with Crippen molar-refractivity contribution in [1.82, 2.24) is 15.5 Å². The van der Waals surface area contributed by atoms with Gasteiger partial charge in [-0.25, -0.2) is 4.79 Å². The van der Waals surface area contributed by atoms with Crippen LogP contribution in [0, 0.1) is 11.3 Å². The zero-order valence-corrected chi connectivity index (χ0v) is 22.2. The van der Waals surface area contributed by atoms with E-state index in [-0.39, 0.29) is 46.1 Å². The number of nitrogens with zero attached hydrogens (tertiary/aromatic N) is 3. The molecule has 0 bridgehead atoms. The third-order valence-corrected chi connectivity index (χ3v) is 8.24. The molecule has 3 unspecified atom stereocenters. The van der Waals surface area contributed by atoms with Gasteiger partial charge >= 0.3 is 6.09 Å². The Morgan fingerprint density at radius 3 is 2.82 bits per heavy atom. The van der Waals surface area contributed by atoms with Gasteiger partial charge in [-0.2, -0.15) is 10.4 Å². The summed E-state index contributed by atoms with van der Waals surface area (Å²) in [7, 11) is 0. The smallest absolute Gasteiger partial charge is 0.407 e. The number of rotatable bonds is 7. The molecule has 2 heterocycles. The van der Waals surface area contributed by atoms with E-state index in [1.165, 1.54) is 0 Å². The monoisotopic (exact) mass is 538 g/mol. The second-order valence-electron chi connectivity index (χ2n) is 10.8. The Morgan fingerprint density at radius 2 is 2.13 bits per heavy atom. The van der Waals surface area contributed by atoms with Crippen molar-refractivity contribution in [2.24, 2.45) is 0 Å². The first kappa shape index (κ1) is 26.0. The zero-order valence-electron chi connectivity index (χ0n) is 21.5. The van der Waals surface area contributed by atoms with E-state index in [1.54, 1.807) is 30.0 Å². The molecule has 5 rings (SSSR count). The van der Waals surface area contributed by atoms with Crippen LogP contribution in [0.3, 0.4) is 0 Å². The Morgan fingerprint density at radius 1 is 1.34 bits per heavy atom. The van der Waals surface area contributed by atoms with Crippen LogP contribution < -0.4 is 15.5 Å². The molecule has 1 aliphatic heterocycles. The van der Waals surface area contributed by atoms with Gasteiger partial charge < -0.3 is 20.3 Å². The van der Waals surface area contributed by atoms with Gasteiger partial charge in [0.05, 0.1) is 22.2 Å². The van der Waals surface area contributed by atoms with E-state index in [0.29, 0.717) is 36.5 Å². The lowest BCUT2D eigenvalue weighted by atomic mass is 9.97. The number of anilines is 2. The molecule has 1 aromatic carbocycles. The number of carbonyl (C=O) groups excluding carboxylic acids is 3. The van der Waals surface area contributed by atoms with Crippen LogP contribution in [0.15, 0.2) is 18.2 Å². The largest absolute Gasteiger partial charge is 0.446 e. The SMILES string of the molecule is CC(C(=O)Nc1cc(C2CCC(OC(=O)NC3(C)CC3)C2)[nH]n1)c1ccc(N2CCCC2=O)c(C#N)c1Cl. The first-order chi connectivity index (χ1) is 18.2. The van der Waals surface area contributed by atoms with Crippen LogP contribution in [0.25, 0.3) is 0 Å². The lowest BCUT2D eigenvalue weighted by molar-refractivity contribution is -0.118. The number of carbonyl (C=O) groups is 3. The number of H-pyrrole nitrogens is 1.